The van der Waals surface area contributed by atoms with Crippen molar-refractivity contribution in [2.24, 2.45) is 10.8 Å². The van der Waals surface area contributed by atoms with Gasteiger partial charge >= 0.3 is 5.97 Å². The summed E-state index contributed by atoms with van der Waals surface area (Å²) in [7, 11) is -3.95. The third kappa shape index (κ3) is 13.5. The third-order valence-corrected chi connectivity index (χ3v) is 7.32. The summed E-state index contributed by atoms with van der Waals surface area (Å²) in [4.78, 5) is 59.7. The van der Waals surface area contributed by atoms with Crippen LogP contribution in [0.15, 0.2) is 0 Å². The molecule has 0 saturated heterocycles. The van der Waals surface area contributed by atoms with Crippen molar-refractivity contribution in [1.29, 1.82) is 0 Å². The normalized spacial score (nSPS) is 15.1. The van der Waals surface area contributed by atoms with E-state index in [4.69, 9.17) is 5.11 Å². The van der Waals surface area contributed by atoms with Crippen LogP contribution in [-0.4, -0.2) is 85.6 Å². The van der Waals surface area contributed by atoms with Gasteiger partial charge in [0.15, 0.2) is 0 Å². The van der Waals surface area contributed by atoms with Crippen LogP contribution in [0.5, 0.6) is 0 Å². The summed E-state index contributed by atoms with van der Waals surface area (Å²) in [5, 5.41) is 25.9. The van der Waals surface area contributed by atoms with Crippen molar-refractivity contribution in [2.75, 3.05) is 25.4 Å². The van der Waals surface area contributed by atoms with E-state index in [1.54, 1.807) is 27.7 Å². The van der Waals surface area contributed by atoms with Crippen LogP contribution >= 0.6 is 0 Å². The molecule has 3 unspecified atom stereocenters. The lowest BCUT2D eigenvalue weighted by Gasteiger charge is -2.35. The molecule has 0 aromatic carbocycles. The van der Waals surface area contributed by atoms with E-state index < -0.39 is 68.7 Å². The Morgan fingerprint density at radius 3 is 2.05 bits per heavy atom. The van der Waals surface area contributed by atoms with Gasteiger partial charge in [-0.25, -0.2) is 13.1 Å². The molecule has 0 bridgehead atoms. The number of hydrogen-bond donors (Lipinski definition) is 6. The van der Waals surface area contributed by atoms with Gasteiger partial charge in [-0.15, -0.1) is 0 Å². The molecule has 0 heterocycles. The molecule has 3 amide bonds. The molecular weight excluding hydrogens is 508 g/mol. The van der Waals surface area contributed by atoms with Gasteiger partial charge in [0.2, 0.25) is 27.7 Å². The van der Waals surface area contributed by atoms with Gasteiger partial charge in [-0.2, -0.15) is 0 Å². The van der Waals surface area contributed by atoms with Crippen molar-refractivity contribution in [3.05, 3.63) is 0 Å². The fourth-order valence-electron chi connectivity index (χ4n) is 3.55. The number of aliphatic hydroxyl groups excluding tert-OH is 1. The number of carbonyl (C=O) groups excluding carboxylic acids is 4. The monoisotopic (exact) mass is 550 g/mol. The molecule has 0 radical (unpaired) electrons. The zero-order chi connectivity index (χ0) is 29.0. The average molecular weight is 551 g/mol. The molecule has 37 heavy (non-hydrogen) atoms. The van der Waals surface area contributed by atoms with Crippen molar-refractivity contribution in [1.82, 2.24) is 20.7 Å². The van der Waals surface area contributed by atoms with E-state index in [2.05, 4.69) is 16.0 Å². The van der Waals surface area contributed by atoms with Crippen LogP contribution in [0.2, 0.25) is 0 Å². The van der Waals surface area contributed by atoms with Crippen LogP contribution in [0.25, 0.3) is 0 Å². The molecule has 0 aliphatic rings. The van der Waals surface area contributed by atoms with Gasteiger partial charge in [-0.05, 0) is 33.1 Å². The third-order valence-electron chi connectivity index (χ3n) is 5.85. The Bertz CT molecular complexity index is 935. The number of carbonyl (C=O) groups is 5. The lowest BCUT2D eigenvalue weighted by atomic mass is 9.71. The number of nitrogens with one attached hydrogen (secondary N) is 4. The number of aliphatic hydroxyl groups is 1. The van der Waals surface area contributed by atoms with Gasteiger partial charge in [0.25, 0.3) is 0 Å². The molecule has 3 atom stereocenters. The summed E-state index contributed by atoms with van der Waals surface area (Å²) in [6.45, 7) is 9.23. The summed E-state index contributed by atoms with van der Waals surface area (Å²) < 4.78 is 26.2. The Hall–Kier alpha value is -2.58. The lowest BCUT2D eigenvalue weighted by Crippen LogP contribution is -2.48. The molecule has 13 nitrogen and oxygen atoms in total. The minimum Gasteiger partial charge on any atom is -0.481 e. The molecule has 6 N–H and O–H groups in total. The van der Waals surface area contributed by atoms with E-state index in [0.717, 1.165) is 6.92 Å². The first-order valence-corrected chi connectivity index (χ1v) is 13.7. The van der Waals surface area contributed by atoms with Gasteiger partial charge < -0.3 is 26.2 Å². The quantitative estimate of drug-likeness (QED) is 0.119. The number of carboxylic acids is 1. The Labute approximate surface area is 218 Å². The van der Waals surface area contributed by atoms with Crippen LogP contribution in [-0.2, 0) is 34.0 Å². The first-order valence-electron chi connectivity index (χ1n) is 12.1. The molecule has 14 heteroatoms. The van der Waals surface area contributed by atoms with E-state index in [1.165, 1.54) is 0 Å². The second-order valence-electron chi connectivity index (χ2n) is 10.1. The fraction of sp³-hybridized carbons (Fsp3) is 0.783. The Morgan fingerprint density at radius 1 is 0.973 bits per heavy atom. The van der Waals surface area contributed by atoms with Crippen LogP contribution in [0.3, 0.4) is 0 Å². The van der Waals surface area contributed by atoms with E-state index in [1.807, 2.05) is 11.6 Å². The lowest BCUT2D eigenvalue weighted by molar-refractivity contribution is -0.139. The molecule has 0 aliphatic heterocycles. The maximum Gasteiger partial charge on any atom is 0.305 e. The van der Waals surface area contributed by atoms with E-state index in [-0.39, 0.29) is 38.4 Å². The van der Waals surface area contributed by atoms with Crippen molar-refractivity contribution in [3.8, 4) is 0 Å². The maximum atomic E-state index is 12.7. The predicted molar refractivity (Wildman–Crippen MR) is 136 cm³/mol. The summed E-state index contributed by atoms with van der Waals surface area (Å²) in [6.07, 6.45) is -0.730. The highest BCUT2D eigenvalue weighted by Crippen LogP contribution is 2.37. The zero-order valence-corrected chi connectivity index (χ0v) is 23.3. The van der Waals surface area contributed by atoms with Crippen molar-refractivity contribution >= 4 is 39.5 Å². The van der Waals surface area contributed by atoms with E-state index >= 15 is 0 Å². The van der Waals surface area contributed by atoms with Gasteiger partial charge in [-0.1, -0.05) is 27.7 Å². The number of sulfonamides is 1. The van der Waals surface area contributed by atoms with Crippen LogP contribution in [0, 0.1) is 10.8 Å². The fourth-order valence-corrected chi connectivity index (χ4v) is 4.87. The summed E-state index contributed by atoms with van der Waals surface area (Å²) in [5.74, 6) is -3.66. The molecule has 0 aromatic rings. The van der Waals surface area contributed by atoms with Gasteiger partial charge in [0.05, 0.1) is 30.9 Å². The highest BCUT2D eigenvalue weighted by Gasteiger charge is 2.41. The highest BCUT2D eigenvalue weighted by molar-refractivity contribution is 7.89. The minimum atomic E-state index is -3.95. The molecule has 0 rings (SSSR count). The molecular formula is C23H42N4O9S. The summed E-state index contributed by atoms with van der Waals surface area (Å²) >= 11 is 0. The maximum absolute atomic E-state index is 12.7. The average Bonchev–Trinajstić information content (AvgIpc) is 2.77. The number of aliphatic carboxylic acids is 1. The Balaban J connectivity index is 4.68. The smallest absolute Gasteiger partial charge is 0.305 e. The largest absolute Gasteiger partial charge is 0.481 e. The number of Topliss-reactive ketones (excluding diaryl/α,β-unsaturated/α-hetero) is 1. The first-order chi connectivity index (χ1) is 16.8. The number of amides is 3. The number of carboxylic acid groups (broad SMARTS) is 1. The van der Waals surface area contributed by atoms with E-state index in [0.29, 0.717) is 6.42 Å². The second-order valence-corrected chi connectivity index (χ2v) is 12.0. The SMILES string of the molecule is CCC(C)(CC(C)(C)C(=O)NCC(=O)NCCCS(=O)(=O)NC(CC(=O)O)C(C)=O)C(=O)NCC(C)O. The standard InChI is InChI=1S/C23H42N4O9S/c1-7-23(6,21(34)25-12-15(2)28)14-22(4,5)20(33)26-13-18(30)24-9-8-10-37(35,36)27-17(16(3)29)11-19(31)32/h15,17,27-28H,7-14H2,1-6H3,(H,24,30)(H,25,34)(H,26,33)(H,31,32). The first kappa shape index (κ1) is 34.4. The Morgan fingerprint density at radius 2 is 1.57 bits per heavy atom. The topological polar surface area (TPSA) is 208 Å². The molecule has 0 fully saturated rings. The zero-order valence-electron chi connectivity index (χ0n) is 22.5. The van der Waals surface area contributed by atoms with Crippen LogP contribution in [0.1, 0.15) is 67.2 Å². The molecule has 0 saturated carbocycles. The summed E-state index contributed by atoms with van der Waals surface area (Å²) in [6, 6.07) is -1.37. The van der Waals surface area contributed by atoms with Crippen molar-refractivity contribution in [2.45, 2.75) is 79.4 Å². The van der Waals surface area contributed by atoms with Crippen molar-refractivity contribution < 1.29 is 42.6 Å². The molecule has 0 spiro atoms. The second kappa shape index (κ2) is 15.0. The molecule has 0 aliphatic carbocycles. The van der Waals surface area contributed by atoms with Gasteiger partial charge in [0, 0.05) is 23.9 Å². The van der Waals surface area contributed by atoms with Crippen LogP contribution < -0.4 is 20.7 Å². The highest BCUT2D eigenvalue weighted by atomic mass is 32.2. The van der Waals surface area contributed by atoms with Gasteiger partial charge in [0.1, 0.15) is 5.78 Å². The summed E-state index contributed by atoms with van der Waals surface area (Å²) in [5.41, 5.74) is -1.86. The van der Waals surface area contributed by atoms with Gasteiger partial charge in [-0.3, -0.25) is 24.0 Å². The van der Waals surface area contributed by atoms with Crippen LogP contribution in [0.4, 0.5) is 0 Å². The van der Waals surface area contributed by atoms with E-state index in [9.17, 15) is 37.5 Å². The Kier molecular flexibility index (Phi) is 13.9. The minimum absolute atomic E-state index is 0.00532. The predicted octanol–water partition coefficient (Wildman–Crippen LogP) is -0.710. The van der Waals surface area contributed by atoms with Crippen molar-refractivity contribution in [3.63, 3.8) is 0 Å². The number of ketones is 1. The number of rotatable bonds is 18. The molecule has 214 valence electrons. The number of hydrogen-bond acceptors (Lipinski definition) is 8. The molecule has 0 aromatic heterocycles.